The van der Waals surface area contributed by atoms with Crippen molar-refractivity contribution in [3.05, 3.63) is 77.7 Å². The lowest BCUT2D eigenvalue weighted by atomic mass is 10.1. The molecule has 3 rings (SSSR count). The molecular weight excluding hydrogens is 335 g/mol. The van der Waals surface area contributed by atoms with Gasteiger partial charge in [-0.15, -0.1) is 0 Å². The van der Waals surface area contributed by atoms with Gasteiger partial charge in [0.1, 0.15) is 11.6 Å². The van der Waals surface area contributed by atoms with Crippen molar-refractivity contribution >= 4 is 23.4 Å². The molecule has 2 aromatic carbocycles. The molecular formula is C19H17FN4O2. The largest absolute Gasteiger partial charge is 0.478 e. The first-order valence-electron chi connectivity index (χ1n) is 8.02. The molecule has 0 aliphatic heterocycles. The van der Waals surface area contributed by atoms with E-state index in [9.17, 15) is 9.18 Å². The van der Waals surface area contributed by atoms with Gasteiger partial charge in [-0.25, -0.2) is 14.2 Å². The Morgan fingerprint density at radius 1 is 1.12 bits per heavy atom. The zero-order chi connectivity index (χ0) is 18.4. The Hall–Kier alpha value is -3.48. The number of aromatic nitrogens is 2. The number of anilines is 3. The Balaban J connectivity index is 1.60. The first-order chi connectivity index (χ1) is 12.6. The van der Waals surface area contributed by atoms with Crippen LogP contribution in [0.5, 0.6) is 0 Å². The molecule has 0 radical (unpaired) electrons. The minimum Gasteiger partial charge on any atom is -0.478 e. The smallest absolute Gasteiger partial charge is 0.335 e. The number of nitrogens with zero attached hydrogens (tertiary/aromatic N) is 2. The van der Waals surface area contributed by atoms with Crippen molar-refractivity contribution in [2.45, 2.75) is 6.42 Å². The van der Waals surface area contributed by atoms with Gasteiger partial charge in [0.05, 0.1) is 5.56 Å². The summed E-state index contributed by atoms with van der Waals surface area (Å²) in [5, 5.41) is 15.2. The number of hydrogen-bond donors (Lipinski definition) is 3. The van der Waals surface area contributed by atoms with Gasteiger partial charge >= 0.3 is 5.97 Å². The van der Waals surface area contributed by atoms with Crippen molar-refractivity contribution in [3.63, 3.8) is 0 Å². The molecule has 7 heteroatoms. The summed E-state index contributed by atoms with van der Waals surface area (Å²) >= 11 is 0. The van der Waals surface area contributed by atoms with Crippen LogP contribution in [0, 0.1) is 5.82 Å². The standard InChI is InChI=1S/C19H17FN4O2/c20-15-6-4-13(5-7-15)8-10-21-19-22-11-9-17(24-19)23-16-3-1-2-14(12-16)18(25)26/h1-7,9,11-12H,8,10H2,(H,25,26)(H2,21,22,23,24). The lowest BCUT2D eigenvalue weighted by Crippen LogP contribution is -2.08. The zero-order valence-corrected chi connectivity index (χ0v) is 13.8. The van der Waals surface area contributed by atoms with E-state index in [4.69, 9.17) is 5.11 Å². The van der Waals surface area contributed by atoms with Gasteiger partial charge < -0.3 is 15.7 Å². The third kappa shape index (κ3) is 4.76. The lowest BCUT2D eigenvalue weighted by Gasteiger charge is -2.09. The van der Waals surface area contributed by atoms with Gasteiger partial charge in [0, 0.05) is 18.4 Å². The molecule has 0 bridgehead atoms. The van der Waals surface area contributed by atoms with Gasteiger partial charge in [-0.2, -0.15) is 4.98 Å². The van der Waals surface area contributed by atoms with E-state index in [0.717, 1.165) is 5.56 Å². The van der Waals surface area contributed by atoms with Crippen LogP contribution in [0.25, 0.3) is 0 Å². The second-order valence-electron chi connectivity index (χ2n) is 5.58. The van der Waals surface area contributed by atoms with Crippen LogP contribution in [-0.4, -0.2) is 27.6 Å². The van der Waals surface area contributed by atoms with Gasteiger partial charge in [0.15, 0.2) is 0 Å². The number of halogens is 1. The van der Waals surface area contributed by atoms with E-state index in [1.807, 2.05) is 0 Å². The Morgan fingerprint density at radius 3 is 2.69 bits per heavy atom. The number of nitrogens with one attached hydrogen (secondary N) is 2. The summed E-state index contributed by atoms with van der Waals surface area (Å²) in [6.07, 6.45) is 2.32. The zero-order valence-electron chi connectivity index (χ0n) is 13.8. The summed E-state index contributed by atoms with van der Waals surface area (Å²) in [5.41, 5.74) is 1.83. The molecule has 3 N–H and O–H groups in total. The molecule has 3 aromatic rings. The summed E-state index contributed by atoms with van der Waals surface area (Å²) in [6, 6.07) is 14.5. The van der Waals surface area contributed by atoms with E-state index in [-0.39, 0.29) is 11.4 Å². The maximum atomic E-state index is 12.9. The highest BCUT2D eigenvalue weighted by Crippen LogP contribution is 2.17. The van der Waals surface area contributed by atoms with E-state index in [1.54, 1.807) is 36.5 Å². The number of carbonyl (C=O) groups is 1. The first-order valence-corrected chi connectivity index (χ1v) is 8.02. The summed E-state index contributed by atoms with van der Waals surface area (Å²) < 4.78 is 12.9. The summed E-state index contributed by atoms with van der Waals surface area (Å²) in [7, 11) is 0. The van der Waals surface area contributed by atoms with E-state index in [2.05, 4.69) is 20.6 Å². The SMILES string of the molecule is O=C(O)c1cccc(Nc2ccnc(NCCc3ccc(F)cc3)n2)c1. The lowest BCUT2D eigenvalue weighted by molar-refractivity contribution is 0.0697. The van der Waals surface area contributed by atoms with Gasteiger partial charge in [-0.1, -0.05) is 18.2 Å². The summed E-state index contributed by atoms with van der Waals surface area (Å²) in [5.74, 6) is -0.242. The van der Waals surface area contributed by atoms with Crippen LogP contribution in [0.4, 0.5) is 21.8 Å². The van der Waals surface area contributed by atoms with Crippen molar-refractivity contribution < 1.29 is 14.3 Å². The van der Waals surface area contributed by atoms with Crippen molar-refractivity contribution in [3.8, 4) is 0 Å². The van der Waals surface area contributed by atoms with Gasteiger partial charge in [-0.3, -0.25) is 0 Å². The van der Waals surface area contributed by atoms with Crippen LogP contribution < -0.4 is 10.6 Å². The van der Waals surface area contributed by atoms with Crippen molar-refractivity contribution in [2.75, 3.05) is 17.2 Å². The Kier molecular flexibility index (Phi) is 5.38. The van der Waals surface area contributed by atoms with Crippen molar-refractivity contribution in [2.24, 2.45) is 0 Å². The molecule has 6 nitrogen and oxygen atoms in total. The molecule has 0 aliphatic carbocycles. The van der Waals surface area contributed by atoms with E-state index in [0.29, 0.717) is 30.4 Å². The normalized spacial score (nSPS) is 10.3. The highest BCUT2D eigenvalue weighted by Gasteiger charge is 2.05. The minimum atomic E-state index is -0.987. The maximum Gasteiger partial charge on any atom is 0.335 e. The maximum absolute atomic E-state index is 12.9. The summed E-state index contributed by atoms with van der Waals surface area (Å²) in [4.78, 5) is 19.5. The van der Waals surface area contributed by atoms with Crippen LogP contribution in [0.3, 0.4) is 0 Å². The monoisotopic (exact) mass is 352 g/mol. The second-order valence-corrected chi connectivity index (χ2v) is 5.58. The van der Waals surface area contributed by atoms with Gasteiger partial charge in [-0.05, 0) is 48.4 Å². The fraction of sp³-hybridized carbons (Fsp3) is 0.105. The van der Waals surface area contributed by atoms with E-state index >= 15 is 0 Å². The molecule has 0 unspecified atom stereocenters. The molecule has 1 aromatic heterocycles. The molecule has 26 heavy (non-hydrogen) atoms. The Labute approximate surface area is 149 Å². The van der Waals surface area contributed by atoms with Crippen LogP contribution in [0.1, 0.15) is 15.9 Å². The Morgan fingerprint density at radius 2 is 1.92 bits per heavy atom. The molecule has 0 saturated carbocycles. The average Bonchev–Trinajstić information content (AvgIpc) is 2.64. The minimum absolute atomic E-state index is 0.196. The average molecular weight is 352 g/mol. The highest BCUT2D eigenvalue weighted by atomic mass is 19.1. The fourth-order valence-corrected chi connectivity index (χ4v) is 2.36. The van der Waals surface area contributed by atoms with Crippen LogP contribution in [0.15, 0.2) is 60.8 Å². The predicted octanol–water partition coefficient (Wildman–Crippen LogP) is 3.71. The second kappa shape index (κ2) is 8.06. The number of rotatable bonds is 7. The molecule has 0 fully saturated rings. The molecule has 0 saturated heterocycles. The number of carboxylic acid groups (broad SMARTS) is 1. The number of hydrogen-bond acceptors (Lipinski definition) is 5. The molecule has 0 atom stereocenters. The van der Waals surface area contributed by atoms with Crippen LogP contribution in [-0.2, 0) is 6.42 Å². The molecule has 0 spiro atoms. The molecule has 1 heterocycles. The number of benzene rings is 2. The third-order valence-corrected chi connectivity index (χ3v) is 3.65. The van der Waals surface area contributed by atoms with E-state index in [1.165, 1.54) is 24.3 Å². The van der Waals surface area contributed by atoms with Crippen LogP contribution in [0.2, 0.25) is 0 Å². The van der Waals surface area contributed by atoms with Crippen molar-refractivity contribution in [1.29, 1.82) is 0 Å². The van der Waals surface area contributed by atoms with E-state index < -0.39 is 5.97 Å². The Bertz CT molecular complexity index is 900. The quantitative estimate of drug-likeness (QED) is 0.601. The topological polar surface area (TPSA) is 87.1 Å². The predicted molar refractivity (Wildman–Crippen MR) is 97.3 cm³/mol. The van der Waals surface area contributed by atoms with Gasteiger partial charge in [0.25, 0.3) is 0 Å². The first kappa shape index (κ1) is 17.3. The van der Waals surface area contributed by atoms with Crippen molar-refractivity contribution in [1.82, 2.24) is 9.97 Å². The highest BCUT2D eigenvalue weighted by molar-refractivity contribution is 5.89. The molecule has 0 aliphatic rings. The fourth-order valence-electron chi connectivity index (χ4n) is 2.36. The van der Waals surface area contributed by atoms with Gasteiger partial charge in [0.2, 0.25) is 5.95 Å². The third-order valence-electron chi connectivity index (χ3n) is 3.65. The molecule has 132 valence electrons. The molecule has 0 amide bonds. The number of aromatic carboxylic acids is 1. The number of carboxylic acids is 1. The van der Waals surface area contributed by atoms with Crippen LogP contribution >= 0.6 is 0 Å². The summed E-state index contributed by atoms with van der Waals surface area (Å²) in [6.45, 7) is 0.601.